The largest absolute Gasteiger partial charge is 0.468 e. The van der Waals surface area contributed by atoms with Crippen molar-refractivity contribution in [3.8, 4) is 0 Å². The number of rotatable bonds is 4. The zero-order valence-corrected chi connectivity index (χ0v) is 9.67. The molecule has 3 heteroatoms. The fourth-order valence-corrected chi connectivity index (χ4v) is 1.70. The van der Waals surface area contributed by atoms with Crippen molar-refractivity contribution in [2.24, 2.45) is 5.92 Å². The molecule has 82 valence electrons. The summed E-state index contributed by atoms with van der Waals surface area (Å²) in [7, 11) is 3.44. The molecule has 0 aromatic rings. The summed E-state index contributed by atoms with van der Waals surface area (Å²) in [6.07, 6.45) is 3.96. The Bertz CT molecular complexity index is 209. The Labute approximate surface area is 86.4 Å². The van der Waals surface area contributed by atoms with Gasteiger partial charge in [-0.2, -0.15) is 0 Å². The lowest BCUT2D eigenvalue weighted by molar-refractivity contribution is -0.152. The first kappa shape index (κ1) is 11.5. The second-order valence-electron chi connectivity index (χ2n) is 4.73. The number of carbonyl (C=O) groups is 1. The molecule has 0 atom stereocenters. The molecule has 3 nitrogen and oxygen atoms in total. The molecular weight excluding hydrogens is 178 g/mol. The molecule has 0 amide bonds. The van der Waals surface area contributed by atoms with Crippen LogP contribution in [0.3, 0.4) is 0 Å². The lowest BCUT2D eigenvalue weighted by Gasteiger charge is -2.37. The molecule has 1 aliphatic carbocycles. The molecule has 1 rings (SSSR count). The van der Waals surface area contributed by atoms with Crippen LogP contribution in [-0.2, 0) is 9.53 Å². The molecule has 0 heterocycles. The van der Waals surface area contributed by atoms with E-state index in [-0.39, 0.29) is 5.97 Å². The molecule has 0 aromatic heterocycles. The molecule has 1 fully saturated rings. The van der Waals surface area contributed by atoms with Crippen molar-refractivity contribution in [1.82, 2.24) is 4.90 Å². The van der Waals surface area contributed by atoms with Gasteiger partial charge >= 0.3 is 5.97 Å². The Balaban J connectivity index is 2.47. The van der Waals surface area contributed by atoms with E-state index in [4.69, 9.17) is 4.74 Å². The Morgan fingerprint density at radius 3 is 2.43 bits per heavy atom. The Kier molecular flexibility index (Phi) is 3.53. The van der Waals surface area contributed by atoms with E-state index in [0.717, 1.165) is 12.5 Å². The number of ether oxygens (including phenoxy) is 1. The average Bonchev–Trinajstić information content (AvgIpc) is 2.09. The summed E-state index contributed by atoms with van der Waals surface area (Å²) in [5.74, 6) is 0.628. The summed E-state index contributed by atoms with van der Waals surface area (Å²) < 4.78 is 4.79. The molecule has 0 N–H and O–H groups in total. The second-order valence-corrected chi connectivity index (χ2v) is 4.73. The summed E-state index contributed by atoms with van der Waals surface area (Å²) in [5.41, 5.74) is -0.496. The molecule has 0 spiro atoms. The van der Waals surface area contributed by atoms with Gasteiger partial charge in [0.15, 0.2) is 0 Å². The molecule has 1 saturated carbocycles. The lowest BCUT2D eigenvalue weighted by Crippen LogP contribution is -2.50. The van der Waals surface area contributed by atoms with E-state index in [2.05, 4.69) is 4.90 Å². The topological polar surface area (TPSA) is 29.5 Å². The van der Waals surface area contributed by atoms with E-state index in [9.17, 15) is 4.79 Å². The number of esters is 1. The first-order valence-electron chi connectivity index (χ1n) is 5.28. The van der Waals surface area contributed by atoms with Crippen LogP contribution in [0.15, 0.2) is 0 Å². The molecule has 1 aliphatic rings. The van der Waals surface area contributed by atoms with Crippen LogP contribution in [0.2, 0.25) is 0 Å². The zero-order chi connectivity index (χ0) is 10.8. The maximum Gasteiger partial charge on any atom is 0.325 e. The highest BCUT2D eigenvalue weighted by Crippen LogP contribution is 2.28. The lowest BCUT2D eigenvalue weighted by atomic mass is 9.84. The zero-order valence-electron chi connectivity index (χ0n) is 9.67. The van der Waals surface area contributed by atoms with Crippen molar-refractivity contribution in [3.63, 3.8) is 0 Å². The van der Waals surface area contributed by atoms with Gasteiger partial charge in [-0.3, -0.25) is 9.69 Å². The van der Waals surface area contributed by atoms with Gasteiger partial charge in [-0.05, 0) is 39.7 Å². The van der Waals surface area contributed by atoms with Gasteiger partial charge in [0, 0.05) is 6.54 Å². The highest BCUT2D eigenvalue weighted by Gasteiger charge is 2.35. The molecule has 0 aliphatic heterocycles. The van der Waals surface area contributed by atoms with Crippen LogP contribution < -0.4 is 0 Å². The summed E-state index contributed by atoms with van der Waals surface area (Å²) in [4.78, 5) is 13.6. The van der Waals surface area contributed by atoms with Crippen LogP contribution in [0.1, 0.15) is 33.1 Å². The van der Waals surface area contributed by atoms with E-state index in [1.165, 1.54) is 26.4 Å². The van der Waals surface area contributed by atoms with Crippen LogP contribution in [0.5, 0.6) is 0 Å². The van der Waals surface area contributed by atoms with Crippen LogP contribution >= 0.6 is 0 Å². The third kappa shape index (κ3) is 2.27. The second kappa shape index (κ2) is 4.30. The van der Waals surface area contributed by atoms with Gasteiger partial charge in [0.05, 0.1) is 7.11 Å². The molecule has 0 radical (unpaired) electrons. The Morgan fingerprint density at radius 1 is 1.50 bits per heavy atom. The summed E-state index contributed by atoms with van der Waals surface area (Å²) in [6.45, 7) is 4.83. The molecular formula is C11H21NO2. The number of methoxy groups -OCH3 is 1. The van der Waals surface area contributed by atoms with E-state index in [1.54, 1.807) is 0 Å². The van der Waals surface area contributed by atoms with Gasteiger partial charge in [0.1, 0.15) is 5.54 Å². The van der Waals surface area contributed by atoms with Gasteiger partial charge < -0.3 is 4.74 Å². The van der Waals surface area contributed by atoms with Crippen molar-refractivity contribution < 1.29 is 9.53 Å². The van der Waals surface area contributed by atoms with Gasteiger partial charge in [-0.15, -0.1) is 0 Å². The highest BCUT2D eigenvalue weighted by molar-refractivity contribution is 5.79. The minimum Gasteiger partial charge on any atom is -0.468 e. The summed E-state index contributed by atoms with van der Waals surface area (Å²) >= 11 is 0. The van der Waals surface area contributed by atoms with Crippen molar-refractivity contribution in [3.05, 3.63) is 0 Å². The third-order valence-corrected chi connectivity index (χ3v) is 3.40. The Morgan fingerprint density at radius 2 is 2.07 bits per heavy atom. The molecule has 14 heavy (non-hydrogen) atoms. The predicted molar refractivity (Wildman–Crippen MR) is 56.1 cm³/mol. The van der Waals surface area contributed by atoms with E-state index < -0.39 is 5.54 Å². The standard InChI is InChI=1S/C11H21NO2/c1-11(2,10(13)14-4)12(3)8-9-6-5-7-9/h9H,5-8H2,1-4H3. The van der Waals surface area contributed by atoms with Gasteiger partial charge in [-0.25, -0.2) is 0 Å². The molecule has 0 unspecified atom stereocenters. The fourth-order valence-electron chi connectivity index (χ4n) is 1.70. The van der Waals surface area contributed by atoms with Crippen LogP contribution in [-0.4, -0.2) is 37.1 Å². The first-order valence-corrected chi connectivity index (χ1v) is 5.28. The van der Waals surface area contributed by atoms with E-state index in [1.807, 2.05) is 20.9 Å². The van der Waals surface area contributed by atoms with Crippen molar-refractivity contribution in [1.29, 1.82) is 0 Å². The highest BCUT2D eigenvalue weighted by atomic mass is 16.5. The van der Waals surface area contributed by atoms with Crippen LogP contribution in [0.4, 0.5) is 0 Å². The Hall–Kier alpha value is -0.570. The minimum atomic E-state index is -0.496. The number of hydrogen-bond acceptors (Lipinski definition) is 3. The smallest absolute Gasteiger partial charge is 0.325 e. The SMILES string of the molecule is COC(=O)C(C)(C)N(C)CC1CCC1. The fraction of sp³-hybridized carbons (Fsp3) is 0.909. The number of hydrogen-bond donors (Lipinski definition) is 0. The maximum absolute atomic E-state index is 11.5. The number of likely N-dealkylation sites (N-methyl/N-ethyl adjacent to an activating group) is 1. The quantitative estimate of drug-likeness (QED) is 0.645. The van der Waals surface area contributed by atoms with Crippen LogP contribution in [0, 0.1) is 5.92 Å². The molecule has 0 saturated heterocycles. The third-order valence-electron chi connectivity index (χ3n) is 3.40. The van der Waals surface area contributed by atoms with Gasteiger partial charge in [-0.1, -0.05) is 6.42 Å². The predicted octanol–water partition coefficient (Wildman–Crippen LogP) is 1.67. The molecule has 0 bridgehead atoms. The van der Waals surface area contributed by atoms with Gasteiger partial charge in [0.2, 0.25) is 0 Å². The van der Waals surface area contributed by atoms with E-state index >= 15 is 0 Å². The first-order chi connectivity index (χ1) is 6.48. The van der Waals surface area contributed by atoms with Crippen LogP contribution in [0.25, 0.3) is 0 Å². The van der Waals surface area contributed by atoms with Gasteiger partial charge in [0.25, 0.3) is 0 Å². The number of carbonyl (C=O) groups excluding carboxylic acids is 1. The summed E-state index contributed by atoms with van der Waals surface area (Å²) in [6, 6.07) is 0. The summed E-state index contributed by atoms with van der Waals surface area (Å²) in [5, 5.41) is 0. The molecule has 0 aromatic carbocycles. The van der Waals surface area contributed by atoms with Crippen molar-refractivity contribution >= 4 is 5.97 Å². The van der Waals surface area contributed by atoms with E-state index in [0.29, 0.717) is 0 Å². The van der Waals surface area contributed by atoms with Crippen molar-refractivity contribution in [2.75, 3.05) is 20.7 Å². The average molecular weight is 199 g/mol. The number of nitrogens with zero attached hydrogens (tertiary/aromatic N) is 1. The maximum atomic E-state index is 11.5. The monoisotopic (exact) mass is 199 g/mol. The minimum absolute atomic E-state index is 0.153. The van der Waals surface area contributed by atoms with Crippen molar-refractivity contribution in [2.45, 2.75) is 38.6 Å². The normalized spacial score (nSPS) is 18.1.